The molecule has 5 nitrogen and oxygen atoms in total. The van der Waals surface area contributed by atoms with Crippen molar-refractivity contribution in [3.05, 3.63) is 24.0 Å². The quantitative estimate of drug-likeness (QED) is 0.721. The van der Waals surface area contributed by atoms with Crippen LogP contribution in [0.25, 0.3) is 0 Å². The lowest BCUT2D eigenvalue weighted by Crippen LogP contribution is -2.28. The van der Waals surface area contributed by atoms with Crippen molar-refractivity contribution >= 4 is 11.6 Å². The van der Waals surface area contributed by atoms with Gasteiger partial charge < -0.3 is 15.4 Å². The Bertz CT molecular complexity index is 371. The summed E-state index contributed by atoms with van der Waals surface area (Å²) in [4.78, 5) is 15.5. The number of halogens is 2. The first-order valence-corrected chi connectivity index (χ1v) is 5.41. The van der Waals surface area contributed by atoms with E-state index in [0.717, 1.165) is 5.69 Å². The van der Waals surface area contributed by atoms with Gasteiger partial charge in [0.2, 0.25) is 0 Å². The molecule has 0 saturated carbocycles. The Hall–Kier alpha value is -1.76. The lowest BCUT2D eigenvalue weighted by Gasteiger charge is -2.06. The van der Waals surface area contributed by atoms with E-state index in [9.17, 15) is 13.6 Å². The molecule has 0 aliphatic carbocycles. The number of hydrogen-bond acceptors (Lipinski definition) is 4. The van der Waals surface area contributed by atoms with Crippen LogP contribution < -0.4 is 10.6 Å². The van der Waals surface area contributed by atoms with E-state index in [0.29, 0.717) is 0 Å². The van der Waals surface area contributed by atoms with E-state index in [1.807, 2.05) is 0 Å². The molecule has 0 unspecified atom stereocenters. The first-order chi connectivity index (χ1) is 8.63. The van der Waals surface area contributed by atoms with Crippen molar-refractivity contribution in [2.75, 3.05) is 32.1 Å². The van der Waals surface area contributed by atoms with Crippen molar-refractivity contribution in [3.8, 4) is 0 Å². The van der Waals surface area contributed by atoms with Crippen LogP contribution in [-0.2, 0) is 4.74 Å². The third-order valence-corrected chi connectivity index (χ3v) is 2.06. The Morgan fingerprint density at radius 3 is 2.83 bits per heavy atom. The topological polar surface area (TPSA) is 63.2 Å². The fourth-order valence-corrected chi connectivity index (χ4v) is 1.18. The zero-order valence-corrected chi connectivity index (χ0v) is 9.95. The van der Waals surface area contributed by atoms with Gasteiger partial charge in [-0.05, 0) is 12.1 Å². The van der Waals surface area contributed by atoms with Gasteiger partial charge in [-0.3, -0.25) is 4.79 Å². The van der Waals surface area contributed by atoms with E-state index < -0.39 is 13.0 Å². The number of ether oxygens (including phenoxy) is 1. The molecule has 0 spiro atoms. The molecule has 0 saturated heterocycles. The van der Waals surface area contributed by atoms with Crippen molar-refractivity contribution < 1.29 is 18.3 Å². The van der Waals surface area contributed by atoms with Crippen LogP contribution in [0.5, 0.6) is 0 Å². The monoisotopic (exact) mass is 259 g/mol. The fourth-order valence-electron chi connectivity index (χ4n) is 1.18. The highest BCUT2D eigenvalue weighted by Crippen LogP contribution is 2.04. The average molecular weight is 259 g/mol. The lowest BCUT2D eigenvalue weighted by atomic mass is 10.3. The predicted octanol–water partition coefficient (Wildman–Crippen LogP) is 1.13. The van der Waals surface area contributed by atoms with E-state index in [2.05, 4.69) is 20.4 Å². The van der Waals surface area contributed by atoms with Gasteiger partial charge >= 0.3 is 0 Å². The summed E-state index contributed by atoms with van der Waals surface area (Å²) >= 11 is 0. The third-order valence-electron chi connectivity index (χ3n) is 2.06. The summed E-state index contributed by atoms with van der Waals surface area (Å²) in [7, 11) is 1.75. The second-order valence-electron chi connectivity index (χ2n) is 3.40. The van der Waals surface area contributed by atoms with Crippen LogP contribution in [0.15, 0.2) is 18.3 Å². The Morgan fingerprint density at radius 1 is 1.50 bits per heavy atom. The van der Waals surface area contributed by atoms with Gasteiger partial charge in [-0.25, -0.2) is 13.8 Å². The molecule has 1 aromatic rings. The minimum Gasteiger partial charge on any atom is -0.387 e. The number of nitrogens with zero attached hydrogens (tertiary/aromatic N) is 1. The zero-order chi connectivity index (χ0) is 13.4. The Labute approximate surface area is 104 Å². The number of nitrogens with one attached hydrogen (secondary N) is 2. The van der Waals surface area contributed by atoms with Crippen molar-refractivity contribution in [1.82, 2.24) is 10.3 Å². The molecule has 1 amide bonds. The second-order valence-corrected chi connectivity index (χ2v) is 3.40. The van der Waals surface area contributed by atoms with Gasteiger partial charge in [0.05, 0.1) is 18.5 Å². The predicted molar refractivity (Wildman–Crippen MR) is 62.9 cm³/mol. The van der Waals surface area contributed by atoms with Crippen LogP contribution in [0.1, 0.15) is 10.5 Å². The summed E-state index contributed by atoms with van der Waals surface area (Å²) in [6.07, 6.45) is -0.959. The molecule has 1 aromatic heterocycles. The van der Waals surface area contributed by atoms with Crippen LogP contribution >= 0.6 is 0 Å². The second kappa shape index (κ2) is 7.54. The number of pyridine rings is 1. The summed E-state index contributed by atoms with van der Waals surface area (Å²) in [6, 6.07) is 3.29. The van der Waals surface area contributed by atoms with E-state index >= 15 is 0 Å². The van der Waals surface area contributed by atoms with Gasteiger partial charge in [-0.1, -0.05) is 0 Å². The summed E-state index contributed by atoms with van der Waals surface area (Å²) in [5.74, 6) is -0.363. The number of anilines is 1. The van der Waals surface area contributed by atoms with Gasteiger partial charge in [0, 0.05) is 13.6 Å². The Kier molecular flexibility index (Phi) is 5.99. The van der Waals surface area contributed by atoms with Gasteiger partial charge in [-0.2, -0.15) is 0 Å². The smallest absolute Gasteiger partial charge is 0.269 e. The van der Waals surface area contributed by atoms with Crippen molar-refractivity contribution in [3.63, 3.8) is 0 Å². The molecular formula is C11H15F2N3O2. The van der Waals surface area contributed by atoms with E-state index in [1.165, 1.54) is 6.20 Å². The third kappa shape index (κ3) is 5.05. The fraction of sp³-hybridized carbons (Fsp3) is 0.455. The van der Waals surface area contributed by atoms with Gasteiger partial charge in [-0.15, -0.1) is 0 Å². The molecule has 0 aromatic carbocycles. The Morgan fingerprint density at radius 2 is 2.28 bits per heavy atom. The average Bonchev–Trinajstić information content (AvgIpc) is 2.38. The number of hydrogen-bond donors (Lipinski definition) is 2. The number of rotatable bonds is 7. The van der Waals surface area contributed by atoms with Crippen molar-refractivity contribution in [2.45, 2.75) is 6.43 Å². The first-order valence-electron chi connectivity index (χ1n) is 5.41. The maximum atomic E-state index is 11.7. The molecule has 1 rings (SSSR count). The molecule has 1 heterocycles. The summed E-state index contributed by atoms with van der Waals surface area (Å²) in [6.45, 7) is -0.406. The normalized spacial score (nSPS) is 10.4. The summed E-state index contributed by atoms with van der Waals surface area (Å²) in [5.41, 5.74) is 1.06. The van der Waals surface area contributed by atoms with Crippen LogP contribution in [0.4, 0.5) is 14.5 Å². The van der Waals surface area contributed by atoms with Crippen molar-refractivity contribution in [1.29, 1.82) is 0 Å². The van der Waals surface area contributed by atoms with Gasteiger partial charge in [0.25, 0.3) is 12.3 Å². The van der Waals surface area contributed by atoms with Gasteiger partial charge in [0.15, 0.2) is 0 Å². The summed E-state index contributed by atoms with van der Waals surface area (Å²) < 4.78 is 28.1. The molecule has 0 radical (unpaired) electrons. The molecule has 0 bridgehead atoms. The molecule has 0 fully saturated rings. The largest absolute Gasteiger partial charge is 0.387 e. The molecule has 18 heavy (non-hydrogen) atoms. The number of carbonyl (C=O) groups is 1. The van der Waals surface area contributed by atoms with Crippen LogP contribution in [0.3, 0.4) is 0 Å². The molecule has 0 aliphatic rings. The van der Waals surface area contributed by atoms with Crippen LogP contribution in [-0.4, -0.2) is 44.1 Å². The molecular weight excluding hydrogens is 244 g/mol. The molecule has 0 atom stereocenters. The number of alkyl halides is 2. The maximum absolute atomic E-state index is 11.7. The molecule has 2 N–H and O–H groups in total. The number of amides is 1. The summed E-state index contributed by atoms with van der Waals surface area (Å²) in [5, 5.41) is 5.40. The maximum Gasteiger partial charge on any atom is 0.269 e. The minimum atomic E-state index is -2.49. The number of aromatic nitrogens is 1. The minimum absolute atomic E-state index is 0.0463. The first kappa shape index (κ1) is 14.3. The van der Waals surface area contributed by atoms with E-state index in [-0.39, 0.29) is 24.8 Å². The lowest BCUT2D eigenvalue weighted by molar-refractivity contribution is 0.0188. The highest BCUT2D eigenvalue weighted by molar-refractivity contribution is 5.92. The molecule has 100 valence electrons. The van der Waals surface area contributed by atoms with Gasteiger partial charge in [0.1, 0.15) is 12.3 Å². The Balaban J connectivity index is 2.27. The molecule has 0 aliphatic heterocycles. The SMILES string of the molecule is CNc1ccc(C(=O)NCCOCC(F)F)nc1. The van der Waals surface area contributed by atoms with Crippen LogP contribution in [0.2, 0.25) is 0 Å². The van der Waals surface area contributed by atoms with E-state index in [1.54, 1.807) is 19.2 Å². The van der Waals surface area contributed by atoms with Crippen molar-refractivity contribution in [2.24, 2.45) is 0 Å². The van der Waals surface area contributed by atoms with Crippen LogP contribution in [0, 0.1) is 0 Å². The zero-order valence-electron chi connectivity index (χ0n) is 9.95. The highest BCUT2D eigenvalue weighted by atomic mass is 19.3. The standard InChI is InChI=1S/C11H15F2N3O2/c1-14-8-2-3-9(16-6-8)11(17)15-4-5-18-7-10(12)13/h2-3,6,10,14H,4-5,7H2,1H3,(H,15,17). The molecule has 7 heteroatoms. The highest BCUT2D eigenvalue weighted by Gasteiger charge is 2.06. The van der Waals surface area contributed by atoms with E-state index in [4.69, 9.17) is 0 Å². The number of carbonyl (C=O) groups excluding carboxylic acids is 1.